The standard InChI is InChI=1S/C41H40ClF5N6O6S/c1-4-55-40(54)36(35(44)27-7-5-6-8-28(27)57-21-25-13-14-50-53(25)22-41(45,46)47)59-38-33-32(37(30-11-12-31(43)58-30)60-39(33)49-23-48-38)26-9-10-29(34(42)24(26)2)56-20-19-52-17-15-51(3)16-18-52/h5-14,23,35-36H,4,15-22H2,1-3H3/t35-,36+/m1/s1. The van der Waals surface area contributed by atoms with Crippen LogP contribution in [0.1, 0.15) is 29.9 Å². The minimum Gasteiger partial charge on any atom is -0.491 e. The van der Waals surface area contributed by atoms with E-state index in [9.17, 15) is 22.4 Å². The lowest BCUT2D eigenvalue weighted by Crippen LogP contribution is -2.45. The average Bonchev–Trinajstić information content (AvgIpc) is 3.96. The molecule has 5 heterocycles. The van der Waals surface area contributed by atoms with E-state index in [0.717, 1.165) is 48.3 Å². The molecular formula is C41H40ClF5N6O6S. The Morgan fingerprint density at radius 3 is 2.53 bits per heavy atom. The van der Waals surface area contributed by atoms with Crippen LogP contribution in [-0.4, -0.2) is 101 Å². The van der Waals surface area contributed by atoms with Crippen LogP contribution in [0, 0.1) is 12.9 Å². The summed E-state index contributed by atoms with van der Waals surface area (Å²) >= 11 is 8.09. The highest BCUT2D eigenvalue weighted by Crippen LogP contribution is 2.50. The van der Waals surface area contributed by atoms with Crippen LogP contribution in [0.2, 0.25) is 5.02 Å². The minimum absolute atomic E-state index is 0.0649. The van der Waals surface area contributed by atoms with Crippen molar-refractivity contribution in [3.8, 4) is 39.1 Å². The van der Waals surface area contributed by atoms with Crippen molar-refractivity contribution in [3.63, 3.8) is 0 Å². The van der Waals surface area contributed by atoms with Gasteiger partial charge in [0.25, 0.3) is 6.01 Å². The molecule has 0 saturated carbocycles. The van der Waals surface area contributed by atoms with Crippen molar-refractivity contribution in [1.29, 1.82) is 0 Å². The lowest BCUT2D eigenvalue weighted by molar-refractivity contribution is -0.155. The van der Waals surface area contributed by atoms with Gasteiger partial charge in [-0.1, -0.05) is 35.9 Å². The Balaban J connectivity index is 1.23. The van der Waals surface area contributed by atoms with Gasteiger partial charge in [0.05, 0.1) is 27.6 Å². The summed E-state index contributed by atoms with van der Waals surface area (Å²) in [6.07, 6.45) is -6.38. The van der Waals surface area contributed by atoms with E-state index in [4.69, 9.17) is 35.0 Å². The minimum atomic E-state index is -4.54. The summed E-state index contributed by atoms with van der Waals surface area (Å²) in [6.45, 7) is 6.40. The molecule has 1 fully saturated rings. The maximum absolute atomic E-state index is 17.0. The molecule has 0 bridgehead atoms. The first-order valence-electron chi connectivity index (χ1n) is 18.9. The Labute approximate surface area is 350 Å². The number of ether oxygens (including phenoxy) is 4. The normalized spacial score (nSPS) is 14.9. The van der Waals surface area contributed by atoms with Gasteiger partial charge < -0.3 is 28.3 Å². The zero-order valence-corrected chi connectivity index (χ0v) is 34.3. The third-order valence-electron chi connectivity index (χ3n) is 9.88. The van der Waals surface area contributed by atoms with Gasteiger partial charge in [0, 0.05) is 56.1 Å². The van der Waals surface area contributed by atoms with E-state index in [1.54, 1.807) is 32.0 Å². The average molecular weight is 875 g/mol. The first-order chi connectivity index (χ1) is 28.8. The molecule has 6 aromatic rings. The van der Waals surface area contributed by atoms with Crippen molar-refractivity contribution in [2.24, 2.45) is 0 Å². The van der Waals surface area contributed by atoms with Crippen molar-refractivity contribution < 1.29 is 50.1 Å². The van der Waals surface area contributed by atoms with Crippen LogP contribution in [0.3, 0.4) is 0 Å². The van der Waals surface area contributed by atoms with E-state index in [0.29, 0.717) is 50.3 Å². The van der Waals surface area contributed by atoms with Gasteiger partial charge in [-0.15, -0.1) is 11.3 Å². The highest BCUT2D eigenvalue weighted by molar-refractivity contribution is 7.22. The number of hydrogen-bond donors (Lipinski definition) is 0. The number of alkyl halides is 4. The second-order valence-corrected chi connectivity index (χ2v) is 15.3. The molecule has 0 radical (unpaired) electrons. The Morgan fingerprint density at radius 2 is 1.80 bits per heavy atom. The van der Waals surface area contributed by atoms with Crippen LogP contribution in [0.5, 0.6) is 17.4 Å². The van der Waals surface area contributed by atoms with Crippen LogP contribution in [0.4, 0.5) is 22.0 Å². The number of nitrogens with zero attached hydrogens (tertiary/aromatic N) is 6. The highest BCUT2D eigenvalue weighted by Gasteiger charge is 2.37. The zero-order chi connectivity index (χ0) is 42.6. The lowest BCUT2D eigenvalue weighted by atomic mass is 9.97. The summed E-state index contributed by atoms with van der Waals surface area (Å²) in [7, 11) is 2.09. The fourth-order valence-electron chi connectivity index (χ4n) is 6.78. The van der Waals surface area contributed by atoms with E-state index in [1.807, 2.05) is 0 Å². The molecular weight excluding hydrogens is 835 g/mol. The second-order valence-electron chi connectivity index (χ2n) is 13.9. The molecule has 0 amide bonds. The van der Waals surface area contributed by atoms with Crippen LogP contribution in [0.25, 0.3) is 32.0 Å². The fraction of sp³-hybridized carbons (Fsp3) is 0.366. The first kappa shape index (κ1) is 42.8. The van der Waals surface area contributed by atoms with Crippen LogP contribution < -0.4 is 14.2 Å². The first-order valence-corrected chi connectivity index (χ1v) is 20.1. The molecule has 4 aromatic heterocycles. The predicted molar refractivity (Wildman–Crippen MR) is 214 cm³/mol. The van der Waals surface area contributed by atoms with E-state index >= 15 is 4.39 Å². The number of fused-ring (bicyclic) bond motifs is 1. The fourth-order valence-corrected chi connectivity index (χ4v) is 8.11. The predicted octanol–water partition coefficient (Wildman–Crippen LogP) is 8.70. The number of rotatable bonds is 16. The SMILES string of the molecule is CCOC(=O)[C@@H](Oc1ncnc2sc(-c3ccc(F)o3)c(-c3ccc(OCCN4CCN(C)CC4)c(Cl)c3C)c12)[C@H](F)c1ccccc1OCc1ccnn1CC(F)(F)F. The van der Waals surface area contributed by atoms with Gasteiger partial charge in [-0.25, -0.2) is 19.2 Å². The number of halogens is 6. The van der Waals surface area contributed by atoms with Crippen LogP contribution >= 0.6 is 22.9 Å². The number of likely N-dealkylation sites (N-methyl/N-ethyl adjacent to an activating group) is 1. The monoisotopic (exact) mass is 874 g/mol. The summed E-state index contributed by atoms with van der Waals surface area (Å²) in [4.78, 5) is 27.7. The zero-order valence-electron chi connectivity index (χ0n) is 32.7. The smallest absolute Gasteiger partial charge is 0.408 e. The van der Waals surface area contributed by atoms with Gasteiger partial charge in [0.15, 0.2) is 6.17 Å². The number of para-hydroxylation sites is 1. The molecule has 0 spiro atoms. The van der Waals surface area contributed by atoms with Gasteiger partial charge in [-0.3, -0.25) is 9.58 Å². The largest absolute Gasteiger partial charge is 0.491 e. The molecule has 19 heteroatoms. The van der Waals surface area contributed by atoms with E-state index in [1.165, 1.54) is 42.9 Å². The van der Waals surface area contributed by atoms with Crippen molar-refractivity contribution in [2.45, 2.75) is 45.5 Å². The molecule has 0 aliphatic carbocycles. The van der Waals surface area contributed by atoms with Crippen molar-refractivity contribution in [1.82, 2.24) is 29.5 Å². The lowest BCUT2D eigenvalue weighted by Gasteiger charge is -2.32. The van der Waals surface area contributed by atoms with E-state index in [-0.39, 0.29) is 40.6 Å². The van der Waals surface area contributed by atoms with Crippen molar-refractivity contribution >= 4 is 39.1 Å². The summed E-state index contributed by atoms with van der Waals surface area (Å²) in [6, 6.07) is 12.5. The molecule has 7 rings (SSSR count). The van der Waals surface area contributed by atoms with Gasteiger partial charge >= 0.3 is 12.1 Å². The number of esters is 1. The molecule has 2 atom stereocenters. The highest BCUT2D eigenvalue weighted by atomic mass is 35.5. The molecule has 0 N–H and O–H groups in total. The maximum Gasteiger partial charge on any atom is 0.408 e. The van der Waals surface area contributed by atoms with Gasteiger partial charge in [-0.05, 0) is 56.3 Å². The quantitative estimate of drug-likeness (QED) is 0.0687. The Bertz CT molecular complexity index is 2430. The second kappa shape index (κ2) is 18.5. The van der Waals surface area contributed by atoms with E-state index in [2.05, 4.69) is 31.9 Å². The molecule has 318 valence electrons. The van der Waals surface area contributed by atoms with Gasteiger partial charge in [-0.2, -0.15) is 22.7 Å². The van der Waals surface area contributed by atoms with Crippen molar-refractivity contribution in [3.05, 3.63) is 95.0 Å². The number of piperazine rings is 1. The Hall–Kier alpha value is -5.30. The van der Waals surface area contributed by atoms with Crippen LogP contribution in [-0.2, 0) is 22.7 Å². The summed E-state index contributed by atoms with van der Waals surface area (Å²) in [5.41, 5.74) is 1.49. The number of aromatic nitrogens is 4. The maximum atomic E-state index is 17.0. The number of carbonyl (C=O) groups is 1. The van der Waals surface area contributed by atoms with Gasteiger partial charge in [0.1, 0.15) is 48.2 Å². The Kier molecular flexibility index (Phi) is 13.2. The molecule has 1 aliphatic rings. The van der Waals surface area contributed by atoms with Crippen LogP contribution in [0.15, 0.2) is 71.5 Å². The third kappa shape index (κ3) is 9.67. The topological polar surface area (TPSA) is 117 Å². The number of carbonyl (C=O) groups excluding carboxylic acids is 1. The molecule has 12 nitrogen and oxygen atoms in total. The number of hydrogen-bond acceptors (Lipinski definition) is 12. The molecule has 0 unspecified atom stereocenters. The summed E-state index contributed by atoms with van der Waals surface area (Å²) < 4.78 is 100. The number of benzene rings is 2. The Morgan fingerprint density at radius 1 is 1.02 bits per heavy atom. The molecule has 2 aromatic carbocycles. The number of furan rings is 1. The molecule has 1 aliphatic heterocycles. The van der Waals surface area contributed by atoms with Gasteiger partial charge in [0.2, 0.25) is 12.0 Å². The molecule has 1 saturated heterocycles. The van der Waals surface area contributed by atoms with Crippen molar-refractivity contribution in [2.75, 3.05) is 53.0 Å². The summed E-state index contributed by atoms with van der Waals surface area (Å²) in [5.74, 6) is -0.726. The number of thiophene rings is 1. The summed E-state index contributed by atoms with van der Waals surface area (Å²) in [5, 5.41) is 4.30. The third-order valence-corrected chi connectivity index (χ3v) is 11.5. The molecule has 60 heavy (non-hydrogen) atoms. The van der Waals surface area contributed by atoms with E-state index < -0.39 is 43.6 Å².